The van der Waals surface area contributed by atoms with Gasteiger partial charge in [-0.2, -0.15) is 0 Å². The Morgan fingerprint density at radius 1 is 1.35 bits per heavy atom. The van der Waals surface area contributed by atoms with Crippen molar-refractivity contribution in [3.05, 3.63) is 45.7 Å². The number of hydrogen-bond donors (Lipinski definition) is 1. The number of nitrogens with one attached hydrogen (secondary N) is 1. The van der Waals surface area contributed by atoms with Crippen molar-refractivity contribution in [2.45, 2.75) is 51.1 Å². The lowest BCUT2D eigenvalue weighted by Crippen LogP contribution is -2.42. The normalized spacial score (nSPS) is 33.4. The number of Topliss-reactive ketones (excluding diaryl/α,β-unsaturated/α-hetero) is 1. The van der Waals surface area contributed by atoms with E-state index in [1.807, 2.05) is 12.2 Å². The Labute approximate surface area is 141 Å². The van der Waals surface area contributed by atoms with E-state index in [9.17, 15) is 4.79 Å². The van der Waals surface area contributed by atoms with Gasteiger partial charge in [0.25, 0.3) is 0 Å². The third-order valence-electron chi connectivity index (χ3n) is 5.35. The zero-order valence-corrected chi connectivity index (χ0v) is 14.3. The molecule has 0 aromatic rings. The molecule has 122 valence electrons. The van der Waals surface area contributed by atoms with Gasteiger partial charge < -0.3 is 5.32 Å². The summed E-state index contributed by atoms with van der Waals surface area (Å²) >= 11 is 1.73. The van der Waals surface area contributed by atoms with Crippen LogP contribution in [0.3, 0.4) is 0 Å². The summed E-state index contributed by atoms with van der Waals surface area (Å²) in [6, 6.07) is 0. The number of dihydropyridines is 1. The fourth-order valence-electron chi connectivity index (χ4n) is 4.21. The van der Waals surface area contributed by atoms with E-state index in [1.54, 1.807) is 17.8 Å². The molecule has 1 unspecified atom stereocenters. The lowest BCUT2D eigenvalue weighted by atomic mass is 9.71. The second-order valence-electron chi connectivity index (χ2n) is 6.81. The van der Waals surface area contributed by atoms with Gasteiger partial charge in [-0.3, -0.25) is 4.79 Å². The first kappa shape index (κ1) is 15.3. The van der Waals surface area contributed by atoms with E-state index in [2.05, 4.69) is 12.2 Å². The molecule has 2 atom stereocenters. The largest absolute Gasteiger partial charge is 0.361 e. The average molecular weight is 331 g/mol. The number of rotatable bonds is 2. The topological polar surface area (TPSA) is 29.1 Å². The van der Waals surface area contributed by atoms with E-state index < -0.39 is 11.6 Å². The van der Waals surface area contributed by atoms with Crippen molar-refractivity contribution in [2.75, 3.05) is 5.75 Å². The number of carbonyl (C=O) groups is 1. The van der Waals surface area contributed by atoms with Gasteiger partial charge in [0.2, 0.25) is 0 Å². The van der Waals surface area contributed by atoms with E-state index in [0.717, 1.165) is 58.9 Å². The van der Waals surface area contributed by atoms with Crippen LogP contribution in [0.4, 0.5) is 4.39 Å². The quantitative estimate of drug-likeness (QED) is 0.804. The molecule has 0 spiro atoms. The van der Waals surface area contributed by atoms with Gasteiger partial charge in [-0.1, -0.05) is 24.6 Å². The smallest absolute Gasteiger partial charge is 0.161 e. The summed E-state index contributed by atoms with van der Waals surface area (Å²) in [6.07, 6.45) is 10.1. The molecule has 0 amide bonds. The van der Waals surface area contributed by atoms with Crippen LogP contribution in [0.1, 0.15) is 45.4 Å². The van der Waals surface area contributed by atoms with E-state index in [0.29, 0.717) is 12.8 Å². The Bertz CT molecular complexity index is 687. The number of thioether (sulfide) groups is 1. The highest BCUT2D eigenvalue weighted by Crippen LogP contribution is 2.53. The molecule has 23 heavy (non-hydrogen) atoms. The molecule has 1 N–H and O–H groups in total. The zero-order valence-electron chi connectivity index (χ0n) is 13.5. The fraction of sp³-hybridized carbons (Fsp3) is 0.526. The Morgan fingerprint density at radius 3 is 3.04 bits per heavy atom. The molecule has 0 fully saturated rings. The number of alkyl halides is 1. The van der Waals surface area contributed by atoms with Gasteiger partial charge in [-0.05, 0) is 31.8 Å². The van der Waals surface area contributed by atoms with Crippen LogP contribution in [-0.2, 0) is 4.79 Å². The minimum atomic E-state index is -1.46. The molecular weight excluding hydrogens is 309 g/mol. The van der Waals surface area contributed by atoms with Gasteiger partial charge in [0.05, 0.1) is 5.92 Å². The number of halogens is 1. The molecule has 4 aliphatic rings. The molecule has 2 heterocycles. The molecule has 2 aliphatic heterocycles. The predicted molar refractivity (Wildman–Crippen MR) is 92.6 cm³/mol. The molecule has 4 rings (SSSR count). The van der Waals surface area contributed by atoms with Gasteiger partial charge in [0.1, 0.15) is 5.67 Å². The third kappa shape index (κ3) is 2.42. The fourth-order valence-corrected chi connectivity index (χ4v) is 5.54. The molecule has 2 aliphatic carbocycles. The molecule has 2 nitrogen and oxygen atoms in total. The maximum Gasteiger partial charge on any atom is 0.161 e. The van der Waals surface area contributed by atoms with Crippen molar-refractivity contribution in [3.63, 3.8) is 0 Å². The van der Waals surface area contributed by atoms with Crippen molar-refractivity contribution in [3.8, 4) is 0 Å². The monoisotopic (exact) mass is 331 g/mol. The van der Waals surface area contributed by atoms with Crippen LogP contribution < -0.4 is 5.32 Å². The van der Waals surface area contributed by atoms with Gasteiger partial charge in [0.15, 0.2) is 5.78 Å². The third-order valence-corrected chi connectivity index (χ3v) is 6.55. The maximum absolute atomic E-state index is 16.1. The molecule has 0 bridgehead atoms. The van der Waals surface area contributed by atoms with Crippen LogP contribution in [0.25, 0.3) is 0 Å². The van der Waals surface area contributed by atoms with Gasteiger partial charge >= 0.3 is 0 Å². The van der Waals surface area contributed by atoms with Crippen molar-refractivity contribution >= 4 is 17.5 Å². The van der Waals surface area contributed by atoms with Crippen LogP contribution in [0.5, 0.6) is 0 Å². The number of allylic oxidation sites excluding steroid dienone is 8. The minimum absolute atomic E-state index is 0.140. The summed E-state index contributed by atoms with van der Waals surface area (Å²) in [6.45, 7) is 2.07. The molecular formula is C19H22FNOS. The summed E-state index contributed by atoms with van der Waals surface area (Å²) in [5, 5.41) is 3.47. The molecule has 0 aromatic heterocycles. The second kappa shape index (κ2) is 5.66. The number of hydrogen-bond acceptors (Lipinski definition) is 3. The van der Waals surface area contributed by atoms with Crippen molar-refractivity contribution < 1.29 is 9.18 Å². The highest BCUT2D eigenvalue weighted by molar-refractivity contribution is 8.03. The Morgan fingerprint density at radius 2 is 2.22 bits per heavy atom. The molecule has 0 aromatic carbocycles. The second-order valence-corrected chi connectivity index (χ2v) is 7.95. The summed E-state index contributed by atoms with van der Waals surface area (Å²) in [5.41, 5.74) is 2.54. The standard InChI is InChI=1S/C19H22FNOS/c1-2-12-5-4-9-19(20,11-12)17-16-13(6-3-7-15(16)22)21-14-8-10-23-18(14)17/h4-5,9,17,21H,2-3,6-8,10-11H2,1H3/t17-,19?/m1/s1. The summed E-state index contributed by atoms with van der Waals surface area (Å²) < 4.78 is 16.1. The molecule has 0 radical (unpaired) electrons. The van der Waals surface area contributed by atoms with Gasteiger partial charge in [-0.15, -0.1) is 11.8 Å². The van der Waals surface area contributed by atoms with Crippen LogP contribution in [0.15, 0.2) is 45.7 Å². The van der Waals surface area contributed by atoms with Gasteiger partial charge in [0, 0.05) is 40.5 Å². The molecule has 0 saturated carbocycles. The van der Waals surface area contributed by atoms with Crippen LogP contribution in [-0.4, -0.2) is 17.2 Å². The Hall–Kier alpha value is -1.29. The molecule has 4 heteroatoms. The lowest BCUT2D eigenvalue weighted by molar-refractivity contribution is -0.117. The SMILES string of the molecule is CCC1=CC=CC(F)([C@H]2C3=C(CCS3)NC3=C2C(=O)CCC3)C1. The highest BCUT2D eigenvalue weighted by Gasteiger charge is 2.49. The average Bonchev–Trinajstić information content (AvgIpc) is 3.01. The maximum atomic E-state index is 16.1. The van der Waals surface area contributed by atoms with E-state index >= 15 is 4.39 Å². The number of carbonyl (C=O) groups excluding carboxylic acids is 1. The Kier molecular flexibility index (Phi) is 3.75. The van der Waals surface area contributed by atoms with E-state index in [1.165, 1.54) is 0 Å². The number of ketones is 1. The van der Waals surface area contributed by atoms with Crippen LogP contribution in [0.2, 0.25) is 0 Å². The highest BCUT2D eigenvalue weighted by atomic mass is 32.2. The first-order valence-corrected chi connectivity index (χ1v) is 9.56. The summed E-state index contributed by atoms with van der Waals surface area (Å²) in [5.74, 6) is 0.723. The van der Waals surface area contributed by atoms with Gasteiger partial charge in [-0.25, -0.2) is 4.39 Å². The van der Waals surface area contributed by atoms with E-state index in [-0.39, 0.29) is 5.78 Å². The zero-order chi connectivity index (χ0) is 16.0. The summed E-state index contributed by atoms with van der Waals surface area (Å²) in [4.78, 5) is 13.7. The van der Waals surface area contributed by atoms with Crippen molar-refractivity contribution in [2.24, 2.45) is 5.92 Å². The van der Waals surface area contributed by atoms with Crippen molar-refractivity contribution in [1.82, 2.24) is 5.32 Å². The first-order valence-electron chi connectivity index (χ1n) is 8.57. The minimum Gasteiger partial charge on any atom is -0.361 e. The predicted octanol–water partition coefficient (Wildman–Crippen LogP) is 4.57. The first-order chi connectivity index (χ1) is 11.1. The van der Waals surface area contributed by atoms with Crippen LogP contribution in [0, 0.1) is 5.92 Å². The summed E-state index contributed by atoms with van der Waals surface area (Å²) in [7, 11) is 0. The van der Waals surface area contributed by atoms with Crippen LogP contribution >= 0.6 is 11.8 Å². The molecule has 0 saturated heterocycles. The lowest BCUT2D eigenvalue weighted by Gasteiger charge is -2.40. The van der Waals surface area contributed by atoms with Crippen molar-refractivity contribution in [1.29, 1.82) is 0 Å². The Balaban J connectivity index is 1.81. The van der Waals surface area contributed by atoms with E-state index in [4.69, 9.17) is 0 Å².